The first kappa shape index (κ1) is 29.8. The van der Waals surface area contributed by atoms with Crippen LogP contribution in [0.2, 0.25) is 5.02 Å². The summed E-state index contributed by atoms with van der Waals surface area (Å²) in [5, 5.41) is 11.3. The van der Waals surface area contributed by atoms with Gasteiger partial charge < -0.3 is 20.5 Å². The zero-order valence-electron chi connectivity index (χ0n) is 24.4. The van der Waals surface area contributed by atoms with Gasteiger partial charge in [-0.3, -0.25) is 19.9 Å². The van der Waals surface area contributed by atoms with E-state index in [1.54, 1.807) is 24.3 Å². The average Bonchev–Trinajstić information content (AvgIpc) is 3.64. The molecule has 2 heterocycles. The van der Waals surface area contributed by atoms with E-state index in [1.165, 1.54) is 25.4 Å². The number of rotatable bonds is 8. The van der Waals surface area contributed by atoms with Crippen molar-refractivity contribution < 1.29 is 23.9 Å². The van der Waals surface area contributed by atoms with Crippen LogP contribution in [-0.2, 0) is 10.2 Å². The Morgan fingerprint density at radius 1 is 1.02 bits per heavy atom. The summed E-state index contributed by atoms with van der Waals surface area (Å²) in [5.74, 6) is -0.474. The smallest absolute Gasteiger partial charge is 0.324 e. The van der Waals surface area contributed by atoms with Gasteiger partial charge in [0.15, 0.2) is 0 Å². The third-order valence-electron chi connectivity index (χ3n) is 7.32. The molecule has 12 heteroatoms. The van der Waals surface area contributed by atoms with E-state index in [9.17, 15) is 14.4 Å². The third kappa shape index (κ3) is 6.41. The Morgan fingerprint density at radius 3 is 2.42 bits per heavy atom. The van der Waals surface area contributed by atoms with Gasteiger partial charge >= 0.3 is 6.03 Å². The number of hydrogen-bond acceptors (Lipinski definition) is 7. The molecule has 5 rings (SSSR count). The Hall–Kier alpha value is -4.64. The molecule has 0 aliphatic heterocycles. The standard InChI is InChI=1S/C31H33ClN6O5/c1-31(2,3)26-16-27(38(37-26)17-7-5-6-8-17)36-30(41)35-22-10-9-18(13-21(22)32)43-24-11-12-34-23-15-25(42-4)20(14-19(23)24)28(39)29(33)40/h9-17H,5-8H2,1-4H3,(H2,33,40)(H2,35,36,41). The molecule has 1 saturated carbocycles. The number of benzene rings is 2. The summed E-state index contributed by atoms with van der Waals surface area (Å²) in [6, 6.07) is 11.1. The molecular weight excluding hydrogens is 572 g/mol. The van der Waals surface area contributed by atoms with Crippen LogP contribution in [0, 0.1) is 0 Å². The quantitative estimate of drug-likeness (QED) is 0.151. The lowest BCUT2D eigenvalue weighted by atomic mass is 9.92. The molecule has 224 valence electrons. The fourth-order valence-corrected chi connectivity index (χ4v) is 5.27. The van der Waals surface area contributed by atoms with Crippen LogP contribution in [-0.4, -0.2) is 39.6 Å². The molecule has 0 saturated heterocycles. The number of nitrogens with zero attached hydrogens (tertiary/aromatic N) is 3. The lowest BCUT2D eigenvalue weighted by molar-refractivity contribution is -0.114. The number of amides is 3. The highest BCUT2D eigenvalue weighted by atomic mass is 35.5. The second-order valence-corrected chi connectivity index (χ2v) is 11.8. The van der Waals surface area contributed by atoms with Crippen LogP contribution < -0.4 is 25.8 Å². The molecule has 0 bridgehead atoms. The maximum absolute atomic E-state index is 13.0. The largest absolute Gasteiger partial charge is 0.496 e. The predicted octanol–water partition coefficient (Wildman–Crippen LogP) is 6.61. The highest BCUT2D eigenvalue weighted by Crippen LogP contribution is 2.37. The minimum Gasteiger partial charge on any atom is -0.496 e. The number of anilines is 2. The van der Waals surface area contributed by atoms with E-state index in [-0.39, 0.29) is 27.8 Å². The highest BCUT2D eigenvalue weighted by molar-refractivity contribution is 6.43. The van der Waals surface area contributed by atoms with Crippen molar-refractivity contribution in [1.29, 1.82) is 0 Å². The molecule has 1 aliphatic rings. The van der Waals surface area contributed by atoms with Crippen LogP contribution in [0.3, 0.4) is 0 Å². The number of nitrogens with one attached hydrogen (secondary N) is 2. The molecule has 1 aliphatic carbocycles. The number of nitrogens with two attached hydrogens (primary N) is 1. The summed E-state index contributed by atoms with van der Waals surface area (Å²) in [5.41, 5.74) is 6.81. The van der Waals surface area contributed by atoms with E-state index < -0.39 is 17.7 Å². The zero-order chi connectivity index (χ0) is 30.9. The van der Waals surface area contributed by atoms with Gasteiger partial charge in [-0.1, -0.05) is 45.2 Å². The SMILES string of the molecule is COc1cc2nccc(Oc3ccc(NC(=O)Nc4cc(C(C)(C)C)nn4C4CCCC4)c(Cl)c3)c2cc1C(=O)C(N)=O. The number of carbonyl (C=O) groups is 3. The lowest BCUT2D eigenvalue weighted by Gasteiger charge is -2.16. The number of Topliss-reactive ketones (excluding diaryl/α,β-unsaturated/α-hetero) is 1. The molecule has 0 atom stereocenters. The van der Waals surface area contributed by atoms with Crippen molar-refractivity contribution in [1.82, 2.24) is 14.8 Å². The Labute approximate surface area is 253 Å². The monoisotopic (exact) mass is 604 g/mol. The molecule has 2 aromatic carbocycles. The number of pyridine rings is 1. The number of carbonyl (C=O) groups excluding carboxylic acids is 3. The molecule has 11 nitrogen and oxygen atoms in total. The van der Waals surface area contributed by atoms with Gasteiger partial charge in [0, 0.05) is 35.2 Å². The Bertz CT molecular complexity index is 1720. The number of methoxy groups -OCH3 is 1. The maximum Gasteiger partial charge on any atom is 0.324 e. The summed E-state index contributed by atoms with van der Waals surface area (Å²) in [6.45, 7) is 6.27. The van der Waals surface area contributed by atoms with Gasteiger partial charge in [0.2, 0.25) is 0 Å². The summed E-state index contributed by atoms with van der Waals surface area (Å²) >= 11 is 6.54. The normalized spacial score (nSPS) is 13.6. The van der Waals surface area contributed by atoms with Crippen LogP contribution in [0.5, 0.6) is 17.2 Å². The van der Waals surface area contributed by atoms with E-state index in [1.807, 2.05) is 10.7 Å². The number of primary amides is 1. The topological polar surface area (TPSA) is 150 Å². The molecule has 2 aromatic heterocycles. The molecule has 43 heavy (non-hydrogen) atoms. The van der Waals surface area contributed by atoms with E-state index in [0.29, 0.717) is 33.9 Å². The minimum atomic E-state index is -1.11. The van der Waals surface area contributed by atoms with E-state index in [0.717, 1.165) is 31.4 Å². The summed E-state index contributed by atoms with van der Waals surface area (Å²) in [6.07, 6.45) is 5.87. The lowest BCUT2D eigenvalue weighted by Crippen LogP contribution is -2.23. The minimum absolute atomic E-state index is 0.00663. The van der Waals surface area contributed by atoms with E-state index in [2.05, 4.69) is 36.4 Å². The molecule has 1 fully saturated rings. The summed E-state index contributed by atoms with van der Waals surface area (Å²) < 4.78 is 13.3. The van der Waals surface area contributed by atoms with E-state index >= 15 is 0 Å². The van der Waals surface area contributed by atoms with Crippen LogP contribution in [0.4, 0.5) is 16.3 Å². The average molecular weight is 605 g/mol. The number of urea groups is 1. The van der Waals surface area contributed by atoms with Crippen molar-refractivity contribution in [2.24, 2.45) is 5.73 Å². The Balaban J connectivity index is 1.35. The van der Waals surface area contributed by atoms with Gasteiger partial charge in [-0.2, -0.15) is 5.10 Å². The van der Waals surface area contributed by atoms with Crippen molar-refractivity contribution in [2.45, 2.75) is 57.9 Å². The van der Waals surface area contributed by atoms with Crippen LogP contribution in [0.15, 0.2) is 48.7 Å². The number of ketones is 1. The number of hydrogen-bond donors (Lipinski definition) is 3. The van der Waals surface area contributed by atoms with Gasteiger partial charge in [0.25, 0.3) is 11.7 Å². The van der Waals surface area contributed by atoms with Crippen LogP contribution >= 0.6 is 11.6 Å². The van der Waals surface area contributed by atoms with E-state index in [4.69, 9.17) is 31.9 Å². The summed E-state index contributed by atoms with van der Waals surface area (Å²) in [4.78, 5) is 41.3. The van der Waals surface area contributed by atoms with Crippen LogP contribution in [0.25, 0.3) is 10.9 Å². The van der Waals surface area contributed by atoms with Gasteiger partial charge in [0.05, 0.1) is 40.6 Å². The number of ether oxygens (including phenoxy) is 2. The first-order valence-corrected chi connectivity index (χ1v) is 14.3. The Kier molecular flexibility index (Phi) is 8.27. The zero-order valence-corrected chi connectivity index (χ0v) is 25.1. The predicted molar refractivity (Wildman–Crippen MR) is 164 cm³/mol. The molecule has 3 amide bonds. The van der Waals surface area contributed by atoms with Crippen molar-refractivity contribution in [3.05, 3.63) is 64.9 Å². The number of aromatic nitrogens is 3. The van der Waals surface area contributed by atoms with Crippen molar-refractivity contribution in [2.75, 3.05) is 17.7 Å². The molecule has 0 spiro atoms. The van der Waals surface area contributed by atoms with Gasteiger partial charge in [-0.25, -0.2) is 9.48 Å². The fraction of sp³-hybridized carbons (Fsp3) is 0.323. The Morgan fingerprint density at radius 2 is 1.77 bits per heavy atom. The number of halogens is 1. The van der Waals surface area contributed by atoms with Gasteiger partial charge in [-0.15, -0.1) is 0 Å². The second-order valence-electron chi connectivity index (χ2n) is 11.4. The number of fused-ring (bicyclic) bond motifs is 1. The first-order valence-electron chi connectivity index (χ1n) is 13.9. The van der Waals surface area contributed by atoms with Crippen molar-refractivity contribution in [3.63, 3.8) is 0 Å². The third-order valence-corrected chi connectivity index (χ3v) is 7.64. The molecule has 4 N–H and O–H groups in total. The fourth-order valence-electron chi connectivity index (χ4n) is 5.06. The molecule has 0 radical (unpaired) electrons. The second kappa shape index (κ2) is 11.9. The molecule has 4 aromatic rings. The molecule has 0 unspecified atom stereocenters. The van der Waals surface area contributed by atoms with Crippen molar-refractivity contribution >= 4 is 51.7 Å². The first-order chi connectivity index (χ1) is 20.4. The summed E-state index contributed by atoms with van der Waals surface area (Å²) in [7, 11) is 1.38. The highest BCUT2D eigenvalue weighted by Gasteiger charge is 2.26. The van der Waals surface area contributed by atoms with Crippen LogP contribution in [0.1, 0.15) is 68.5 Å². The van der Waals surface area contributed by atoms with Gasteiger partial charge in [-0.05, 0) is 37.1 Å². The van der Waals surface area contributed by atoms with Crippen molar-refractivity contribution in [3.8, 4) is 17.2 Å². The maximum atomic E-state index is 13.0. The molecular formula is C31H33ClN6O5. The van der Waals surface area contributed by atoms with Gasteiger partial charge in [0.1, 0.15) is 23.1 Å².